The van der Waals surface area contributed by atoms with Crippen LogP contribution >= 0.6 is 15.9 Å². The molecule has 3 nitrogen and oxygen atoms in total. The van der Waals surface area contributed by atoms with Gasteiger partial charge in [-0.2, -0.15) is 0 Å². The van der Waals surface area contributed by atoms with Gasteiger partial charge in [0, 0.05) is 12.1 Å². The molecule has 1 heterocycles. The first-order valence-electron chi connectivity index (χ1n) is 5.66. The molecule has 1 aromatic carbocycles. The van der Waals surface area contributed by atoms with Crippen LogP contribution in [0.4, 0.5) is 0 Å². The van der Waals surface area contributed by atoms with E-state index in [2.05, 4.69) is 64.0 Å². The Kier molecular flexibility index (Phi) is 3.64. The molecule has 0 aliphatic carbocycles. The van der Waals surface area contributed by atoms with Crippen LogP contribution in [0.15, 0.2) is 29.0 Å². The number of imidazole rings is 1. The Hall–Kier alpha value is -1.13. The minimum absolute atomic E-state index is 0.458. The third-order valence-corrected chi connectivity index (χ3v) is 3.18. The van der Waals surface area contributed by atoms with Crippen LogP contribution in [0.2, 0.25) is 0 Å². The number of hydrogen-bond acceptors (Lipinski definition) is 2. The molecule has 0 fully saturated rings. The standard InChI is InChI=1S/C13H16BrN3/c1-8(2)9-3-5-10(6-4-9)12-11(7-15)16-13(14)17-12/h3-6,8H,7,15H2,1-2H3,(H,16,17). The molecule has 0 aliphatic heterocycles. The molecule has 4 heteroatoms. The van der Waals surface area contributed by atoms with E-state index in [0.717, 1.165) is 21.7 Å². The molecule has 0 bridgehead atoms. The molecule has 0 aliphatic rings. The van der Waals surface area contributed by atoms with Gasteiger partial charge < -0.3 is 10.7 Å². The summed E-state index contributed by atoms with van der Waals surface area (Å²) < 4.78 is 0.723. The van der Waals surface area contributed by atoms with Gasteiger partial charge in [-0.05, 0) is 27.4 Å². The minimum atomic E-state index is 0.458. The maximum Gasteiger partial charge on any atom is 0.175 e. The Morgan fingerprint density at radius 2 is 1.94 bits per heavy atom. The number of nitrogens with one attached hydrogen (secondary N) is 1. The highest BCUT2D eigenvalue weighted by atomic mass is 79.9. The zero-order chi connectivity index (χ0) is 12.4. The molecule has 0 saturated carbocycles. The smallest absolute Gasteiger partial charge is 0.175 e. The van der Waals surface area contributed by atoms with Crippen LogP contribution in [0.3, 0.4) is 0 Å². The summed E-state index contributed by atoms with van der Waals surface area (Å²) >= 11 is 3.34. The van der Waals surface area contributed by atoms with E-state index in [1.807, 2.05) is 0 Å². The van der Waals surface area contributed by atoms with Crippen LogP contribution in [-0.4, -0.2) is 9.97 Å². The van der Waals surface area contributed by atoms with Gasteiger partial charge in [0.15, 0.2) is 4.73 Å². The number of nitrogens with zero attached hydrogens (tertiary/aromatic N) is 1. The zero-order valence-electron chi connectivity index (χ0n) is 10.00. The highest BCUT2D eigenvalue weighted by molar-refractivity contribution is 9.10. The lowest BCUT2D eigenvalue weighted by Gasteiger charge is -2.06. The number of aromatic amines is 1. The van der Waals surface area contributed by atoms with E-state index in [9.17, 15) is 0 Å². The molecule has 17 heavy (non-hydrogen) atoms. The molecule has 2 rings (SSSR count). The number of benzene rings is 1. The molecule has 0 saturated heterocycles. The molecule has 1 aromatic heterocycles. The molecule has 0 amide bonds. The van der Waals surface area contributed by atoms with Gasteiger partial charge in [-0.3, -0.25) is 0 Å². The maximum absolute atomic E-state index is 5.69. The normalized spacial score (nSPS) is 11.1. The summed E-state index contributed by atoms with van der Waals surface area (Å²) in [5.41, 5.74) is 9.99. The van der Waals surface area contributed by atoms with Crippen LogP contribution in [0, 0.1) is 0 Å². The van der Waals surface area contributed by atoms with Crippen molar-refractivity contribution in [3.05, 3.63) is 40.3 Å². The van der Waals surface area contributed by atoms with Crippen LogP contribution in [0.5, 0.6) is 0 Å². The lowest BCUT2D eigenvalue weighted by Crippen LogP contribution is -1.98. The van der Waals surface area contributed by atoms with Crippen LogP contribution in [-0.2, 0) is 6.54 Å². The Balaban J connectivity index is 2.39. The second-order valence-corrected chi connectivity index (χ2v) is 5.09. The number of nitrogens with two attached hydrogens (primary N) is 1. The Morgan fingerprint density at radius 1 is 1.29 bits per heavy atom. The highest BCUT2D eigenvalue weighted by Crippen LogP contribution is 2.25. The van der Waals surface area contributed by atoms with Crippen molar-refractivity contribution in [3.63, 3.8) is 0 Å². The van der Waals surface area contributed by atoms with Crippen molar-refractivity contribution < 1.29 is 0 Å². The minimum Gasteiger partial charge on any atom is -0.335 e. The average molecular weight is 294 g/mol. The quantitative estimate of drug-likeness (QED) is 0.911. The molecule has 0 spiro atoms. The van der Waals surface area contributed by atoms with Gasteiger partial charge in [0.1, 0.15) is 0 Å². The fourth-order valence-corrected chi connectivity index (χ4v) is 2.21. The summed E-state index contributed by atoms with van der Waals surface area (Å²) in [4.78, 5) is 7.52. The summed E-state index contributed by atoms with van der Waals surface area (Å²) in [6.07, 6.45) is 0. The van der Waals surface area contributed by atoms with E-state index in [1.165, 1.54) is 5.56 Å². The maximum atomic E-state index is 5.69. The Bertz CT molecular complexity index is 500. The molecule has 2 aromatic rings. The lowest BCUT2D eigenvalue weighted by molar-refractivity contribution is 0.867. The monoisotopic (exact) mass is 293 g/mol. The molecule has 0 unspecified atom stereocenters. The van der Waals surface area contributed by atoms with Crippen molar-refractivity contribution in [2.75, 3.05) is 0 Å². The van der Waals surface area contributed by atoms with Crippen LogP contribution < -0.4 is 5.73 Å². The van der Waals surface area contributed by atoms with E-state index >= 15 is 0 Å². The first-order chi connectivity index (χ1) is 8.11. The van der Waals surface area contributed by atoms with Gasteiger partial charge in [0.05, 0.1) is 11.4 Å². The summed E-state index contributed by atoms with van der Waals surface area (Å²) in [5, 5.41) is 0. The largest absolute Gasteiger partial charge is 0.335 e. The van der Waals surface area contributed by atoms with Gasteiger partial charge in [0.2, 0.25) is 0 Å². The summed E-state index contributed by atoms with van der Waals surface area (Å²) in [6.45, 7) is 4.83. The number of H-pyrrole nitrogens is 1. The number of hydrogen-bond donors (Lipinski definition) is 2. The molecular formula is C13H16BrN3. The van der Waals surface area contributed by atoms with Crippen molar-refractivity contribution in [2.45, 2.75) is 26.3 Å². The predicted molar refractivity (Wildman–Crippen MR) is 73.7 cm³/mol. The van der Waals surface area contributed by atoms with Gasteiger partial charge in [-0.1, -0.05) is 38.1 Å². The van der Waals surface area contributed by atoms with Gasteiger partial charge in [-0.25, -0.2) is 4.98 Å². The van der Waals surface area contributed by atoms with Crippen molar-refractivity contribution >= 4 is 15.9 Å². The molecule has 0 atom stereocenters. The van der Waals surface area contributed by atoms with E-state index in [4.69, 9.17) is 5.73 Å². The Morgan fingerprint density at radius 3 is 2.47 bits per heavy atom. The van der Waals surface area contributed by atoms with Crippen molar-refractivity contribution in [2.24, 2.45) is 5.73 Å². The van der Waals surface area contributed by atoms with Gasteiger partial charge in [-0.15, -0.1) is 0 Å². The lowest BCUT2D eigenvalue weighted by atomic mass is 10.0. The van der Waals surface area contributed by atoms with Gasteiger partial charge >= 0.3 is 0 Å². The SMILES string of the molecule is CC(C)c1ccc(-c2nc(Br)[nH]c2CN)cc1. The first kappa shape index (κ1) is 12.3. The average Bonchev–Trinajstić information content (AvgIpc) is 2.70. The molecule has 3 N–H and O–H groups in total. The highest BCUT2D eigenvalue weighted by Gasteiger charge is 2.10. The third kappa shape index (κ3) is 2.58. The van der Waals surface area contributed by atoms with Gasteiger partial charge in [0.25, 0.3) is 0 Å². The molecular weight excluding hydrogens is 278 g/mol. The molecule has 90 valence electrons. The van der Waals surface area contributed by atoms with Crippen LogP contribution in [0.1, 0.15) is 31.0 Å². The van der Waals surface area contributed by atoms with Crippen molar-refractivity contribution in [1.29, 1.82) is 0 Å². The molecule has 0 radical (unpaired) electrons. The fourth-order valence-electron chi connectivity index (χ4n) is 1.79. The van der Waals surface area contributed by atoms with Crippen molar-refractivity contribution in [1.82, 2.24) is 9.97 Å². The zero-order valence-corrected chi connectivity index (χ0v) is 11.6. The summed E-state index contributed by atoms with van der Waals surface area (Å²) in [6, 6.07) is 8.47. The third-order valence-electron chi connectivity index (χ3n) is 2.80. The first-order valence-corrected chi connectivity index (χ1v) is 6.46. The number of aromatic nitrogens is 2. The number of rotatable bonds is 3. The second-order valence-electron chi connectivity index (χ2n) is 4.34. The van der Waals surface area contributed by atoms with E-state index in [0.29, 0.717) is 12.5 Å². The summed E-state index contributed by atoms with van der Waals surface area (Å²) in [7, 11) is 0. The predicted octanol–water partition coefficient (Wildman–Crippen LogP) is 3.42. The Labute approximate surface area is 110 Å². The number of halogens is 1. The van der Waals surface area contributed by atoms with E-state index < -0.39 is 0 Å². The summed E-state index contributed by atoms with van der Waals surface area (Å²) in [5.74, 6) is 0.545. The van der Waals surface area contributed by atoms with Crippen LogP contribution in [0.25, 0.3) is 11.3 Å². The van der Waals surface area contributed by atoms with E-state index in [-0.39, 0.29) is 0 Å². The topological polar surface area (TPSA) is 54.7 Å². The van der Waals surface area contributed by atoms with E-state index in [1.54, 1.807) is 0 Å². The van der Waals surface area contributed by atoms with Crippen molar-refractivity contribution in [3.8, 4) is 11.3 Å². The second kappa shape index (κ2) is 5.02. The fraction of sp³-hybridized carbons (Fsp3) is 0.308.